The van der Waals surface area contributed by atoms with E-state index in [-0.39, 0.29) is 11.6 Å². The van der Waals surface area contributed by atoms with Gasteiger partial charge in [0.1, 0.15) is 11.9 Å². The lowest BCUT2D eigenvalue weighted by Crippen LogP contribution is -2.18. The van der Waals surface area contributed by atoms with Gasteiger partial charge in [-0.15, -0.1) is 0 Å². The molecule has 0 aromatic heterocycles. The van der Waals surface area contributed by atoms with Crippen molar-refractivity contribution in [3.8, 4) is 6.07 Å². The molecule has 1 N–H and O–H groups in total. The van der Waals surface area contributed by atoms with E-state index in [0.717, 1.165) is 11.1 Å². The summed E-state index contributed by atoms with van der Waals surface area (Å²) in [5.41, 5.74) is 1.82. The maximum atomic E-state index is 13.3. The first-order valence-electron chi connectivity index (χ1n) is 6.38. The van der Waals surface area contributed by atoms with Crippen LogP contribution in [0.4, 0.5) is 4.39 Å². The molecule has 0 spiro atoms. The fourth-order valence-corrected chi connectivity index (χ4v) is 2.57. The maximum Gasteiger partial charge on any atom is 0.140 e. The molecule has 1 atom stereocenters. The molecule has 0 aliphatic rings. The molecule has 0 radical (unpaired) electrons. The van der Waals surface area contributed by atoms with Gasteiger partial charge < -0.3 is 5.32 Å². The Morgan fingerprint density at radius 1 is 1.24 bits per heavy atom. The molecule has 0 fully saturated rings. The van der Waals surface area contributed by atoms with E-state index < -0.39 is 5.82 Å². The highest BCUT2D eigenvalue weighted by Gasteiger charge is 2.10. The summed E-state index contributed by atoms with van der Waals surface area (Å²) >= 11 is 12.0. The van der Waals surface area contributed by atoms with Crippen LogP contribution in [0.1, 0.15) is 29.7 Å². The summed E-state index contributed by atoms with van der Waals surface area (Å²) in [6.07, 6.45) is 0. The van der Waals surface area contributed by atoms with Crippen LogP contribution >= 0.6 is 23.2 Å². The lowest BCUT2D eigenvalue weighted by Gasteiger charge is -2.16. The summed E-state index contributed by atoms with van der Waals surface area (Å²) in [6, 6.07) is 11.7. The predicted octanol–water partition coefficient (Wildman–Crippen LogP) is 4.85. The molecule has 0 saturated carbocycles. The first-order valence-corrected chi connectivity index (χ1v) is 7.13. The number of nitrogens with zero attached hydrogens (tertiary/aromatic N) is 1. The van der Waals surface area contributed by atoms with E-state index in [4.69, 9.17) is 28.5 Å². The minimum Gasteiger partial charge on any atom is -0.306 e. The summed E-state index contributed by atoms with van der Waals surface area (Å²) in [7, 11) is 0. The molecule has 0 bridgehead atoms. The monoisotopic (exact) mass is 322 g/mol. The average molecular weight is 323 g/mol. The van der Waals surface area contributed by atoms with Gasteiger partial charge in [-0.25, -0.2) is 4.39 Å². The van der Waals surface area contributed by atoms with Crippen LogP contribution in [0.25, 0.3) is 0 Å². The van der Waals surface area contributed by atoms with E-state index in [1.165, 1.54) is 6.07 Å². The van der Waals surface area contributed by atoms with Gasteiger partial charge >= 0.3 is 0 Å². The van der Waals surface area contributed by atoms with Crippen molar-refractivity contribution in [1.29, 1.82) is 5.26 Å². The summed E-state index contributed by atoms with van der Waals surface area (Å²) in [5.74, 6) is -0.505. The highest BCUT2D eigenvalue weighted by atomic mass is 35.5. The molecule has 0 aliphatic carbocycles. The van der Waals surface area contributed by atoms with E-state index in [0.29, 0.717) is 16.6 Å². The smallest absolute Gasteiger partial charge is 0.140 e. The number of benzene rings is 2. The Bertz CT molecular complexity index is 695. The Balaban J connectivity index is 2.07. The summed E-state index contributed by atoms with van der Waals surface area (Å²) in [5, 5.41) is 13.3. The SMILES string of the molecule is CC(NCc1ccc(F)c(C#N)c1)c1ccc(Cl)cc1Cl. The molecule has 0 amide bonds. The third-order valence-corrected chi connectivity index (χ3v) is 3.76. The Morgan fingerprint density at radius 2 is 2.00 bits per heavy atom. The predicted molar refractivity (Wildman–Crippen MR) is 82.8 cm³/mol. The quantitative estimate of drug-likeness (QED) is 0.872. The van der Waals surface area contributed by atoms with Gasteiger partial charge in [-0.2, -0.15) is 5.26 Å². The number of nitriles is 1. The second kappa shape index (κ2) is 6.91. The second-order valence-corrected chi connectivity index (χ2v) is 5.54. The Hall–Kier alpha value is -1.60. The van der Waals surface area contributed by atoms with Crippen molar-refractivity contribution in [2.45, 2.75) is 19.5 Å². The first kappa shape index (κ1) is 15.8. The number of halogens is 3. The van der Waals surface area contributed by atoms with E-state index >= 15 is 0 Å². The first-order chi connectivity index (χ1) is 10.0. The van der Waals surface area contributed by atoms with Gasteiger partial charge in [0, 0.05) is 22.6 Å². The van der Waals surface area contributed by atoms with Crippen LogP contribution in [0.15, 0.2) is 36.4 Å². The minimum atomic E-state index is -0.505. The summed E-state index contributed by atoms with van der Waals surface area (Å²) in [4.78, 5) is 0. The molecule has 2 aromatic rings. The zero-order valence-corrected chi connectivity index (χ0v) is 12.8. The maximum absolute atomic E-state index is 13.3. The zero-order chi connectivity index (χ0) is 15.4. The van der Waals surface area contributed by atoms with E-state index in [1.54, 1.807) is 24.3 Å². The van der Waals surface area contributed by atoms with Crippen molar-refractivity contribution in [2.24, 2.45) is 0 Å². The zero-order valence-electron chi connectivity index (χ0n) is 11.3. The van der Waals surface area contributed by atoms with Crippen molar-refractivity contribution in [2.75, 3.05) is 0 Å². The third kappa shape index (κ3) is 3.95. The van der Waals surface area contributed by atoms with Crippen LogP contribution in [0.2, 0.25) is 10.0 Å². The minimum absolute atomic E-state index is 0.00496. The van der Waals surface area contributed by atoms with Gasteiger partial charge in [0.2, 0.25) is 0 Å². The van der Waals surface area contributed by atoms with Crippen molar-refractivity contribution >= 4 is 23.2 Å². The van der Waals surface area contributed by atoms with Gasteiger partial charge in [-0.3, -0.25) is 0 Å². The van der Waals surface area contributed by atoms with E-state index in [2.05, 4.69) is 5.32 Å². The fourth-order valence-electron chi connectivity index (χ4n) is 2.00. The van der Waals surface area contributed by atoms with Crippen molar-refractivity contribution in [1.82, 2.24) is 5.32 Å². The van der Waals surface area contributed by atoms with Crippen LogP contribution in [-0.2, 0) is 6.54 Å². The molecule has 2 aromatic carbocycles. The summed E-state index contributed by atoms with van der Waals surface area (Å²) < 4.78 is 13.3. The normalized spacial score (nSPS) is 12.0. The van der Waals surface area contributed by atoms with E-state index in [1.807, 2.05) is 19.1 Å². The molecular formula is C16H13Cl2FN2. The number of hydrogen-bond donors (Lipinski definition) is 1. The Labute approximate surface area is 133 Å². The standard InChI is InChI=1S/C16H13Cl2FN2/c1-10(14-4-3-13(17)7-15(14)18)21-9-11-2-5-16(19)12(6-11)8-20/h2-7,10,21H,9H2,1H3. The second-order valence-electron chi connectivity index (χ2n) is 4.69. The molecule has 0 heterocycles. The largest absolute Gasteiger partial charge is 0.306 e. The lowest BCUT2D eigenvalue weighted by molar-refractivity contribution is 0.572. The lowest BCUT2D eigenvalue weighted by atomic mass is 10.1. The number of rotatable bonds is 4. The fraction of sp³-hybridized carbons (Fsp3) is 0.188. The average Bonchev–Trinajstić information content (AvgIpc) is 2.46. The van der Waals surface area contributed by atoms with Gasteiger partial charge in [0.15, 0.2) is 0 Å². The van der Waals surface area contributed by atoms with Crippen LogP contribution in [-0.4, -0.2) is 0 Å². The Kier molecular flexibility index (Phi) is 5.19. The third-order valence-electron chi connectivity index (χ3n) is 3.19. The van der Waals surface area contributed by atoms with E-state index in [9.17, 15) is 4.39 Å². The molecule has 108 valence electrons. The van der Waals surface area contributed by atoms with Gasteiger partial charge in [0.05, 0.1) is 5.56 Å². The van der Waals surface area contributed by atoms with Crippen LogP contribution in [0, 0.1) is 17.1 Å². The van der Waals surface area contributed by atoms with Gasteiger partial charge in [0.25, 0.3) is 0 Å². The highest BCUT2D eigenvalue weighted by molar-refractivity contribution is 6.35. The Morgan fingerprint density at radius 3 is 2.67 bits per heavy atom. The summed E-state index contributed by atoms with van der Waals surface area (Å²) in [6.45, 7) is 2.49. The van der Waals surface area contributed by atoms with Crippen molar-refractivity contribution < 1.29 is 4.39 Å². The highest BCUT2D eigenvalue weighted by Crippen LogP contribution is 2.26. The molecule has 2 nitrogen and oxygen atoms in total. The molecule has 0 aliphatic heterocycles. The molecule has 2 rings (SSSR count). The molecule has 5 heteroatoms. The number of hydrogen-bond acceptors (Lipinski definition) is 2. The van der Waals surface area contributed by atoms with Gasteiger partial charge in [-0.1, -0.05) is 35.3 Å². The van der Waals surface area contributed by atoms with Crippen LogP contribution in [0.5, 0.6) is 0 Å². The topological polar surface area (TPSA) is 35.8 Å². The number of nitrogens with one attached hydrogen (secondary N) is 1. The van der Waals surface area contributed by atoms with Crippen LogP contribution in [0.3, 0.4) is 0 Å². The molecular weight excluding hydrogens is 310 g/mol. The van der Waals surface area contributed by atoms with Crippen molar-refractivity contribution in [3.05, 3.63) is 69.0 Å². The van der Waals surface area contributed by atoms with Crippen LogP contribution < -0.4 is 5.32 Å². The van der Waals surface area contributed by atoms with Gasteiger partial charge in [-0.05, 0) is 42.3 Å². The van der Waals surface area contributed by atoms with Crippen molar-refractivity contribution in [3.63, 3.8) is 0 Å². The molecule has 0 saturated heterocycles. The molecule has 21 heavy (non-hydrogen) atoms. The molecule has 1 unspecified atom stereocenters.